The number of nitrogens with zero attached hydrogens (tertiary/aromatic N) is 1. The maximum Gasteiger partial charge on any atom is 0.270 e. The van der Waals surface area contributed by atoms with E-state index in [-0.39, 0.29) is 5.56 Å². The van der Waals surface area contributed by atoms with Gasteiger partial charge in [0.15, 0.2) is 0 Å². The highest BCUT2D eigenvalue weighted by atomic mass is 32.1. The fourth-order valence-electron chi connectivity index (χ4n) is 1.90. The summed E-state index contributed by atoms with van der Waals surface area (Å²) >= 11 is 1.57. The second kappa shape index (κ2) is 4.38. The van der Waals surface area contributed by atoms with Crippen molar-refractivity contribution in [2.45, 2.75) is 12.8 Å². The summed E-state index contributed by atoms with van der Waals surface area (Å²) in [6.45, 7) is 0.902. The lowest BCUT2D eigenvalue weighted by atomic mass is 10.1. The second-order valence-corrected chi connectivity index (χ2v) is 5.48. The van der Waals surface area contributed by atoms with E-state index in [1.165, 1.54) is 12.1 Å². The summed E-state index contributed by atoms with van der Waals surface area (Å²) in [4.78, 5) is 4.51. The van der Waals surface area contributed by atoms with Crippen molar-refractivity contribution in [1.29, 1.82) is 0 Å². The number of hydrogen-bond donors (Lipinski definition) is 0. The van der Waals surface area contributed by atoms with E-state index in [2.05, 4.69) is 4.98 Å². The fraction of sp³-hybridized carbons (Fsp3) is 0.133. The minimum Gasteiger partial charge on any atom is -0.236 e. The Bertz CT molecular complexity index is 678. The van der Waals surface area contributed by atoms with Crippen LogP contribution in [0, 0.1) is 0 Å². The zero-order valence-electron chi connectivity index (χ0n) is 10.2. The van der Waals surface area contributed by atoms with Crippen molar-refractivity contribution < 1.29 is 8.78 Å². The van der Waals surface area contributed by atoms with Crippen molar-refractivity contribution in [1.82, 2.24) is 4.98 Å². The van der Waals surface area contributed by atoms with E-state index in [4.69, 9.17) is 0 Å². The van der Waals surface area contributed by atoms with Crippen LogP contribution in [0.4, 0.5) is 8.78 Å². The molecule has 0 fully saturated rings. The van der Waals surface area contributed by atoms with Gasteiger partial charge in [-0.25, -0.2) is 13.8 Å². The Morgan fingerprint density at radius 1 is 1.00 bits per heavy atom. The molecule has 0 aliphatic heterocycles. The molecule has 3 aromatic rings. The zero-order chi connectivity index (χ0) is 13.5. The first-order chi connectivity index (χ1) is 9.04. The molecular weight excluding hydrogens is 264 g/mol. The number of thiazole rings is 1. The molecular formula is C15H11F2NS. The number of aromatic nitrogens is 1. The molecule has 0 N–H and O–H groups in total. The van der Waals surface area contributed by atoms with Crippen LogP contribution >= 0.6 is 11.3 Å². The van der Waals surface area contributed by atoms with E-state index in [1.54, 1.807) is 23.5 Å². The predicted molar refractivity (Wildman–Crippen MR) is 74.6 cm³/mol. The molecule has 0 radical (unpaired) electrons. The molecule has 0 saturated carbocycles. The van der Waals surface area contributed by atoms with Crippen molar-refractivity contribution in [2.24, 2.45) is 0 Å². The molecule has 1 nitrogen and oxygen atoms in total. The molecule has 0 bridgehead atoms. The SMILES string of the molecule is CC(F)(F)c1ccc(-c2nc3ccccc3s2)cc1. The summed E-state index contributed by atoms with van der Waals surface area (Å²) in [6, 6.07) is 14.2. The maximum atomic E-state index is 13.1. The summed E-state index contributed by atoms with van der Waals surface area (Å²) in [5, 5.41) is 0.854. The van der Waals surface area contributed by atoms with Crippen molar-refractivity contribution >= 4 is 21.6 Å². The van der Waals surface area contributed by atoms with Gasteiger partial charge < -0.3 is 0 Å². The number of hydrogen-bond acceptors (Lipinski definition) is 2. The van der Waals surface area contributed by atoms with E-state index in [9.17, 15) is 8.78 Å². The molecule has 2 aromatic carbocycles. The van der Waals surface area contributed by atoms with Crippen LogP contribution in [0.25, 0.3) is 20.8 Å². The minimum atomic E-state index is -2.80. The summed E-state index contributed by atoms with van der Waals surface area (Å²) in [5.41, 5.74) is 1.83. The minimum absolute atomic E-state index is 0.0253. The molecule has 0 saturated heterocycles. The third-order valence-corrected chi connectivity index (χ3v) is 4.02. The van der Waals surface area contributed by atoms with Crippen molar-refractivity contribution in [3.63, 3.8) is 0 Å². The normalized spacial score (nSPS) is 11.9. The highest BCUT2D eigenvalue weighted by Gasteiger charge is 2.23. The van der Waals surface area contributed by atoms with Gasteiger partial charge in [-0.15, -0.1) is 11.3 Å². The maximum absolute atomic E-state index is 13.1. The summed E-state index contributed by atoms with van der Waals surface area (Å²) in [5.74, 6) is -2.80. The quantitative estimate of drug-likeness (QED) is 0.636. The second-order valence-electron chi connectivity index (χ2n) is 4.45. The third kappa shape index (κ3) is 2.36. The number of halogens is 2. The van der Waals surface area contributed by atoms with E-state index >= 15 is 0 Å². The van der Waals surface area contributed by atoms with Gasteiger partial charge in [-0.1, -0.05) is 36.4 Å². The summed E-state index contributed by atoms with van der Waals surface area (Å²) in [6.07, 6.45) is 0. The Balaban J connectivity index is 2.02. The topological polar surface area (TPSA) is 12.9 Å². The Kier molecular flexibility index (Phi) is 2.82. The Hall–Kier alpha value is -1.81. The van der Waals surface area contributed by atoms with Crippen LogP contribution in [0.2, 0.25) is 0 Å². The predicted octanol–water partition coefficient (Wildman–Crippen LogP) is 5.08. The van der Waals surface area contributed by atoms with E-state index in [0.717, 1.165) is 27.7 Å². The fourth-order valence-corrected chi connectivity index (χ4v) is 2.87. The van der Waals surface area contributed by atoms with Gasteiger partial charge in [0.25, 0.3) is 5.92 Å². The lowest BCUT2D eigenvalue weighted by molar-refractivity contribution is 0.0175. The van der Waals surface area contributed by atoms with Crippen molar-refractivity contribution in [3.05, 3.63) is 54.1 Å². The smallest absolute Gasteiger partial charge is 0.236 e. The van der Waals surface area contributed by atoms with Crippen LogP contribution in [-0.2, 0) is 5.92 Å². The van der Waals surface area contributed by atoms with Gasteiger partial charge in [0.1, 0.15) is 5.01 Å². The number of alkyl halides is 2. The largest absolute Gasteiger partial charge is 0.270 e. The van der Waals surface area contributed by atoms with Gasteiger partial charge in [0.2, 0.25) is 0 Å². The summed E-state index contributed by atoms with van der Waals surface area (Å²) < 4.78 is 27.4. The van der Waals surface area contributed by atoms with Gasteiger partial charge in [-0.3, -0.25) is 0 Å². The van der Waals surface area contributed by atoms with Crippen LogP contribution in [0.5, 0.6) is 0 Å². The average Bonchev–Trinajstić information content (AvgIpc) is 2.81. The molecule has 0 aliphatic rings. The molecule has 0 spiro atoms. The molecule has 1 aromatic heterocycles. The standard InChI is InChI=1S/C15H11F2NS/c1-15(16,17)11-8-6-10(7-9-11)14-18-12-4-2-3-5-13(12)19-14/h2-9H,1H3. The van der Waals surface area contributed by atoms with Crippen LogP contribution in [0.15, 0.2) is 48.5 Å². The van der Waals surface area contributed by atoms with Crippen LogP contribution in [0.3, 0.4) is 0 Å². The van der Waals surface area contributed by atoms with Crippen LogP contribution in [0.1, 0.15) is 12.5 Å². The van der Waals surface area contributed by atoms with Gasteiger partial charge in [0, 0.05) is 18.1 Å². The van der Waals surface area contributed by atoms with Gasteiger partial charge in [-0.2, -0.15) is 0 Å². The summed E-state index contributed by atoms with van der Waals surface area (Å²) in [7, 11) is 0. The van der Waals surface area contributed by atoms with Gasteiger partial charge in [0.05, 0.1) is 10.2 Å². The van der Waals surface area contributed by atoms with E-state index in [1.807, 2.05) is 24.3 Å². The lowest BCUT2D eigenvalue weighted by Crippen LogP contribution is -2.06. The Labute approximate surface area is 113 Å². The van der Waals surface area contributed by atoms with Gasteiger partial charge in [-0.05, 0) is 12.1 Å². The molecule has 96 valence electrons. The lowest BCUT2D eigenvalue weighted by Gasteiger charge is -2.10. The number of rotatable bonds is 2. The highest BCUT2D eigenvalue weighted by Crippen LogP contribution is 2.32. The van der Waals surface area contributed by atoms with Crippen molar-refractivity contribution in [3.8, 4) is 10.6 Å². The molecule has 4 heteroatoms. The molecule has 0 atom stereocenters. The Morgan fingerprint density at radius 3 is 2.32 bits per heavy atom. The van der Waals surface area contributed by atoms with Crippen LogP contribution < -0.4 is 0 Å². The molecule has 3 rings (SSSR count). The third-order valence-electron chi connectivity index (χ3n) is 2.93. The first-order valence-corrected chi connectivity index (χ1v) is 6.70. The zero-order valence-corrected chi connectivity index (χ0v) is 11.0. The molecule has 0 aliphatic carbocycles. The van der Waals surface area contributed by atoms with E-state index in [0.29, 0.717) is 0 Å². The average molecular weight is 275 g/mol. The molecule has 0 unspecified atom stereocenters. The molecule has 1 heterocycles. The van der Waals surface area contributed by atoms with Gasteiger partial charge >= 0.3 is 0 Å². The number of benzene rings is 2. The van der Waals surface area contributed by atoms with E-state index < -0.39 is 5.92 Å². The van der Waals surface area contributed by atoms with Crippen molar-refractivity contribution in [2.75, 3.05) is 0 Å². The van der Waals surface area contributed by atoms with Crippen LogP contribution in [-0.4, -0.2) is 4.98 Å². The first-order valence-electron chi connectivity index (χ1n) is 5.88. The molecule has 19 heavy (non-hydrogen) atoms. The first kappa shape index (κ1) is 12.2. The highest BCUT2D eigenvalue weighted by molar-refractivity contribution is 7.21. The monoisotopic (exact) mass is 275 g/mol. The number of para-hydroxylation sites is 1. The number of fused-ring (bicyclic) bond motifs is 1. The molecule has 0 amide bonds. The Morgan fingerprint density at radius 2 is 1.68 bits per heavy atom.